The van der Waals surface area contributed by atoms with Crippen molar-refractivity contribution in [3.05, 3.63) is 12.0 Å². The summed E-state index contributed by atoms with van der Waals surface area (Å²) in [6.45, 7) is 4.60. The van der Waals surface area contributed by atoms with Gasteiger partial charge in [-0.25, -0.2) is 9.69 Å². The van der Waals surface area contributed by atoms with Crippen LogP contribution >= 0.6 is 0 Å². The average molecular weight is 254 g/mol. The van der Waals surface area contributed by atoms with Crippen LogP contribution in [0, 0.1) is 0 Å². The summed E-state index contributed by atoms with van der Waals surface area (Å²) in [4.78, 5) is 17.2. The highest BCUT2D eigenvalue weighted by Crippen LogP contribution is 2.14. The molecule has 0 spiro atoms. The second-order valence-electron chi connectivity index (χ2n) is 4.25. The monoisotopic (exact) mass is 254 g/mol. The standard InChI is InChI=1S/C13H22N2O3/c1-4-6-8-11-10-18-12(14-11)15(3)13(16)17-9-7-5-2/h10H,4-9H2,1-3H3. The number of nitrogens with zero attached hydrogens (tertiary/aromatic N) is 2. The minimum Gasteiger partial charge on any atom is -0.449 e. The van der Waals surface area contributed by atoms with Crippen LogP contribution in [0.5, 0.6) is 0 Å². The van der Waals surface area contributed by atoms with Gasteiger partial charge >= 0.3 is 12.1 Å². The van der Waals surface area contributed by atoms with Gasteiger partial charge in [-0.05, 0) is 19.3 Å². The van der Waals surface area contributed by atoms with E-state index in [1.54, 1.807) is 13.3 Å². The molecule has 0 saturated heterocycles. The molecule has 0 aliphatic heterocycles. The molecule has 18 heavy (non-hydrogen) atoms. The van der Waals surface area contributed by atoms with Gasteiger partial charge < -0.3 is 9.15 Å². The summed E-state index contributed by atoms with van der Waals surface area (Å²) in [7, 11) is 1.60. The highest BCUT2D eigenvalue weighted by molar-refractivity contribution is 5.84. The van der Waals surface area contributed by atoms with Crippen LogP contribution in [-0.4, -0.2) is 24.7 Å². The lowest BCUT2D eigenvalue weighted by Gasteiger charge is -2.12. The van der Waals surface area contributed by atoms with E-state index in [4.69, 9.17) is 9.15 Å². The fourth-order valence-corrected chi connectivity index (χ4v) is 1.40. The number of hydrogen-bond donors (Lipinski definition) is 0. The summed E-state index contributed by atoms with van der Waals surface area (Å²) >= 11 is 0. The number of ether oxygens (including phenoxy) is 1. The molecule has 0 radical (unpaired) electrons. The van der Waals surface area contributed by atoms with Gasteiger partial charge in [0, 0.05) is 7.05 Å². The number of rotatable bonds is 7. The van der Waals surface area contributed by atoms with Gasteiger partial charge in [-0.2, -0.15) is 4.98 Å². The van der Waals surface area contributed by atoms with Crippen molar-refractivity contribution in [2.45, 2.75) is 46.0 Å². The summed E-state index contributed by atoms with van der Waals surface area (Å²) in [5.74, 6) is 0. The molecule has 0 N–H and O–H groups in total. The Morgan fingerprint density at radius 3 is 2.78 bits per heavy atom. The van der Waals surface area contributed by atoms with Gasteiger partial charge in [0.15, 0.2) is 0 Å². The number of oxazole rings is 1. The predicted octanol–water partition coefficient (Wildman–Crippen LogP) is 3.39. The molecule has 0 unspecified atom stereocenters. The first-order valence-corrected chi connectivity index (χ1v) is 6.53. The Bertz CT molecular complexity index is 363. The SMILES string of the molecule is CCCCOC(=O)N(C)c1nc(CCCC)co1. The topological polar surface area (TPSA) is 55.6 Å². The molecule has 5 heteroatoms. The molecule has 1 amide bonds. The number of carbonyl (C=O) groups is 1. The van der Waals surface area contributed by atoms with Gasteiger partial charge in [-0.3, -0.25) is 0 Å². The highest BCUT2D eigenvalue weighted by atomic mass is 16.6. The van der Waals surface area contributed by atoms with Crippen LogP contribution in [-0.2, 0) is 11.2 Å². The van der Waals surface area contributed by atoms with Crippen molar-refractivity contribution in [1.29, 1.82) is 0 Å². The second kappa shape index (κ2) is 7.74. The molecule has 0 atom stereocenters. The molecule has 102 valence electrons. The number of carbonyl (C=O) groups excluding carboxylic acids is 1. The normalized spacial score (nSPS) is 10.4. The smallest absolute Gasteiger partial charge is 0.417 e. The van der Waals surface area contributed by atoms with E-state index in [0.717, 1.165) is 37.8 Å². The third-order valence-electron chi connectivity index (χ3n) is 2.61. The number of amides is 1. The Balaban J connectivity index is 2.47. The van der Waals surface area contributed by atoms with Crippen molar-refractivity contribution in [1.82, 2.24) is 4.98 Å². The van der Waals surface area contributed by atoms with Crippen molar-refractivity contribution < 1.29 is 13.9 Å². The van der Waals surface area contributed by atoms with Gasteiger partial charge in [0.1, 0.15) is 6.26 Å². The Morgan fingerprint density at radius 2 is 2.11 bits per heavy atom. The Labute approximate surface area is 108 Å². The number of unbranched alkanes of at least 4 members (excludes halogenated alkanes) is 2. The number of anilines is 1. The zero-order valence-electron chi connectivity index (χ0n) is 11.4. The van der Waals surface area contributed by atoms with Crippen LogP contribution in [0.3, 0.4) is 0 Å². The fraction of sp³-hybridized carbons (Fsp3) is 0.692. The van der Waals surface area contributed by atoms with Gasteiger partial charge in [0.05, 0.1) is 12.3 Å². The zero-order chi connectivity index (χ0) is 13.4. The Kier molecular flexibility index (Phi) is 6.25. The van der Waals surface area contributed by atoms with Crippen LogP contribution in [0.2, 0.25) is 0 Å². The van der Waals surface area contributed by atoms with Crippen LogP contribution in [0.4, 0.5) is 10.8 Å². The molecule has 0 fully saturated rings. The fourth-order valence-electron chi connectivity index (χ4n) is 1.40. The van der Waals surface area contributed by atoms with Crippen LogP contribution in [0.1, 0.15) is 45.2 Å². The summed E-state index contributed by atoms with van der Waals surface area (Å²) in [5.41, 5.74) is 0.875. The molecule has 5 nitrogen and oxygen atoms in total. The molecule has 0 bridgehead atoms. The maximum atomic E-state index is 11.6. The van der Waals surface area contributed by atoms with E-state index in [9.17, 15) is 4.79 Å². The van der Waals surface area contributed by atoms with E-state index in [0.29, 0.717) is 12.6 Å². The van der Waals surface area contributed by atoms with E-state index in [2.05, 4.69) is 11.9 Å². The summed E-state index contributed by atoms with van der Waals surface area (Å²) in [6.07, 6.45) is 6.09. The molecule has 1 rings (SSSR count). The van der Waals surface area contributed by atoms with E-state index >= 15 is 0 Å². The van der Waals surface area contributed by atoms with Crippen molar-refractivity contribution in [3.63, 3.8) is 0 Å². The molecule has 0 aromatic carbocycles. The third-order valence-corrected chi connectivity index (χ3v) is 2.61. The van der Waals surface area contributed by atoms with E-state index in [1.165, 1.54) is 4.90 Å². The highest BCUT2D eigenvalue weighted by Gasteiger charge is 2.17. The van der Waals surface area contributed by atoms with E-state index in [-0.39, 0.29) is 0 Å². The van der Waals surface area contributed by atoms with Gasteiger partial charge in [0.25, 0.3) is 0 Å². The van der Waals surface area contributed by atoms with E-state index in [1.807, 2.05) is 6.92 Å². The van der Waals surface area contributed by atoms with Crippen LogP contribution in [0.25, 0.3) is 0 Å². The van der Waals surface area contributed by atoms with E-state index < -0.39 is 6.09 Å². The molecular weight excluding hydrogens is 232 g/mol. The predicted molar refractivity (Wildman–Crippen MR) is 69.8 cm³/mol. The van der Waals surface area contributed by atoms with Crippen molar-refractivity contribution in [2.24, 2.45) is 0 Å². The first-order valence-electron chi connectivity index (χ1n) is 6.53. The minimum absolute atomic E-state index is 0.294. The first-order chi connectivity index (χ1) is 8.69. The Morgan fingerprint density at radius 1 is 1.39 bits per heavy atom. The molecule has 1 heterocycles. The van der Waals surface area contributed by atoms with Crippen molar-refractivity contribution >= 4 is 12.1 Å². The third kappa shape index (κ3) is 4.39. The summed E-state index contributed by atoms with van der Waals surface area (Å²) in [5, 5.41) is 0. The lowest BCUT2D eigenvalue weighted by molar-refractivity contribution is 0.152. The maximum absolute atomic E-state index is 11.6. The lowest BCUT2D eigenvalue weighted by Crippen LogP contribution is -2.27. The molecule has 0 aliphatic rings. The second-order valence-corrected chi connectivity index (χ2v) is 4.25. The summed E-state index contributed by atoms with van der Waals surface area (Å²) < 4.78 is 10.3. The van der Waals surface area contributed by atoms with Crippen molar-refractivity contribution in [2.75, 3.05) is 18.6 Å². The first kappa shape index (κ1) is 14.5. The molecule has 1 aromatic heterocycles. The number of aryl methyl sites for hydroxylation is 1. The van der Waals surface area contributed by atoms with Gasteiger partial charge in [-0.15, -0.1) is 0 Å². The minimum atomic E-state index is -0.424. The maximum Gasteiger partial charge on any atom is 0.417 e. The van der Waals surface area contributed by atoms with Gasteiger partial charge in [-0.1, -0.05) is 26.7 Å². The molecular formula is C13H22N2O3. The van der Waals surface area contributed by atoms with Gasteiger partial charge in [0.2, 0.25) is 0 Å². The Hall–Kier alpha value is -1.52. The molecule has 1 aromatic rings. The summed E-state index contributed by atoms with van der Waals surface area (Å²) in [6, 6.07) is 0.294. The van der Waals surface area contributed by atoms with Crippen molar-refractivity contribution in [3.8, 4) is 0 Å². The average Bonchev–Trinajstić information content (AvgIpc) is 2.84. The quantitative estimate of drug-likeness (QED) is 0.700. The zero-order valence-corrected chi connectivity index (χ0v) is 11.4. The number of aromatic nitrogens is 1. The lowest BCUT2D eigenvalue weighted by atomic mass is 10.2. The molecule has 0 saturated carbocycles. The largest absolute Gasteiger partial charge is 0.449 e. The van der Waals surface area contributed by atoms with Crippen LogP contribution in [0.15, 0.2) is 10.7 Å². The number of hydrogen-bond acceptors (Lipinski definition) is 4. The molecule has 0 aliphatic carbocycles. The van der Waals surface area contributed by atoms with Crippen LogP contribution < -0.4 is 4.90 Å².